The molecule has 1 amide bonds. The van der Waals surface area contributed by atoms with E-state index in [1.165, 1.54) is 11.1 Å². The summed E-state index contributed by atoms with van der Waals surface area (Å²) in [6.07, 6.45) is 3.49. The van der Waals surface area contributed by atoms with Crippen molar-refractivity contribution >= 4 is 11.6 Å². The topological polar surface area (TPSA) is 79.2 Å². The van der Waals surface area contributed by atoms with E-state index in [0.29, 0.717) is 0 Å². The fraction of sp³-hybridized carbons (Fsp3) is 0.375. The molecule has 0 aliphatic heterocycles. The van der Waals surface area contributed by atoms with Gasteiger partial charge in [-0.1, -0.05) is 29.8 Å². The molecule has 1 unspecified atom stereocenters. The third kappa shape index (κ3) is 4.60. The van der Waals surface area contributed by atoms with Gasteiger partial charge >= 0.3 is 0 Å². The fourth-order valence-corrected chi connectivity index (χ4v) is 2.11. The number of rotatable bonds is 7. The lowest BCUT2D eigenvalue weighted by atomic mass is 10.1. The van der Waals surface area contributed by atoms with Crippen LogP contribution in [-0.2, 0) is 11.3 Å². The number of carbonyl (C=O) groups excluding carboxylic acids is 1. The minimum Gasteiger partial charge on any atom is -0.395 e. The van der Waals surface area contributed by atoms with Gasteiger partial charge in [0.2, 0.25) is 5.91 Å². The van der Waals surface area contributed by atoms with Crippen molar-refractivity contribution in [3.05, 3.63) is 47.8 Å². The molecule has 0 fully saturated rings. The van der Waals surface area contributed by atoms with Gasteiger partial charge in [0, 0.05) is 18.8 Å². The molecule has 1 aromatic heterocycles. The second-order valence-corrected chi connectivity index (χ2v) is 5.28. The maximum absolute atomic E-state index is 11.6. The van der Waals surface area contributed by atoms with Crippen molar-refractivity contribution in [1.82, 2.24) is 15.1 Å². The number of amides is 1. The summed E-state index contributed by atoms with van der Waals surface area (Å²) in [5.74, 6) is -0.171. The molecule has 0 aliphatic rings. The first-order valence-electron chi connectivity index (χ1n) is 7.31. The number of aryl methyl sites for hydroxylation is 1. The maximum atomic E-state index is 11.6. The minimum atomic E-state index is -0.171. The van der Waals surface area contributed by atoms with E-state index in [1.807, 2.05) is 0 Å². The molecular formula is C16H22N4O2. The van der Waals surface area contributed by atoms with Crippen LogP contribution >= 0.6 is 0 Å². The molecule has 0 aliphatic carbocycles. The zero-order valence-corrected chi connectivity index (χ0v) is 12.9. The van der Waals surface area contributed by atoms with Crippen molar-refractivity contribution in [3.63, 3.8) is 0 Å². The van der Waals surface area contributed by atoms with E-state index < -0.39 is 0 Å². The molecule has 0 saturated carbocycles. The first-order chi connectivity index (χ1) is 10.6. The molecule has 0 bridgehead atoms. The Balaban J connectivity index is 1.91. The summed E-state index contributed by atoms with van der Waals surface area (Å²) in [5, 5.41) is 18.8. The van der Waals surface area contributed by atoms with Crippen molar-refractivity contribution in [2.75, 3.05) is 18.5 Å². The van der Waals surface area contributed by atoms with Crippen molar-refractivity contribution < 1.29 is 9.90 Å². The van der Waals surface area contributed by atoms with Gasteiger partial charge in [0.15, 0.2) is 0 Å². The number of carbonyl (C=O) groups is 1. The molecule has 0 saturated heterocycles. The van der Waals surface area contributed by atoms with Crippen LogP contribution in [0.1, 0.15) is 24.1 Å². The van der Waals surface area contributed by atoms with Crippen LogP contribution in [0.5, 0.6) is 0 Å². The lowest BCUT2D eigenvalue weighted by Crippen LogP contribution is -2.30. The smallest absolute Gasteiger partial charge is 0.241 e. The largest absolute Gasteiger partial charge is 0.395 e. The van der Waals surface area contributed by atoms with Gasteiger partial charge < -0.3 is 15.7 Å². The van der Waals surface area contributed by atoms with Crippen LogP contribution < -0.4 is 10.6 Å². The molecule has 0 spiro atoms. The van der Waals surface area contributed by atoms with Crippen molar-refractivity contribution in [3.8, 4) is 0 Å². The maximum Gasteiger partial charge on any atom is 0.241 e. The molecule has 6 heteroatoms. The van der Waals surface area contributed by atoms with Crippen molar-refractivity contribution in [1.29, 1.82) is 0 Å². The van der Waals surface area contributed by atoms with Gasteiger partial charge in [-0.15, -0.1) is 0 Å². The van der Waals surface area contributed by atoms with E-state index in [1.54, 1.807) is 17.1 Å². The Morgan fingerprint density at radius 3 is 2.77 bits per heavy atom. The van der Waals surface area contributed by atoms with Crippen LogP contribution in [0.15, 0.2) is 36.7 Å². The highest BCUT2D eigenvalue weighted by molar-refractivity contribution is 5.75. The average Bonchev–Trinajstić information content (AvgIpc) is 2.92. The average molecular weight is 302 g/mol. The van der Waals surface area contributed by atoms with E-state index in [4.69, 9.17) is 5.11 Å². The lowest BCUT2D eigenvalue weighted by molar-refractivity contribution is -0.122. The Bertz CT molecular complexity index is 607. The first kappa shape index (κ1) is 16.0. The van der Waals surface area contributed by atoms with Gasteiger partial charge in [0.05, 0.1) is 18.5 Å². The molecule has 1 aromatic carbocycles. The number of aliphatic hydroxyl groups is 1. The van der Waals surface area contributed by atoms with Gasteiger partial charge in [0.25, 0.3) is 0 Å². The van der Waals surface area contributed by atoms with Gasteiger partial charge in [-0.3, -0.25) is 9.48 Å². The third-order valence-corrected chi connectivity index (χ3v) is 3.33. The molecule has 118 valence electrons. The van der Waals surface area contributed by atoms with Gasteiger partial charge in [-0.2, -0.15) is 5.10 Å². The Morgan fingerprint density at radius 2 is 2.09 bits per heavy atom. The number of nitrogens with one attached hydrogen (secondary N) is 2. The van der Waals surface area contributed by atoms with E-state index in [-0.39, 0.29) is 31.6 Å². The molecule has 3 N–H and O–H groups in total. The normalized spacial score (nSPS) is 12.0. The molecule has 0 radical (unpaired) electrons. The molecule has 1 heterocycles. The summed E-state index contributed by atoms with van der Waals surface area (Å²) in [4.78, 5) is 11.6. The summed E-state index contributed by atoms with van der Waals surface area (Å²) in [7, 11) is 0. The summed E-state index contributed by atoms with van der Waals surface area (Å²) in [6.45, 7) is 4.48. The Labute approximate surface area is 130 Å². The molecule has 2 aromatic rings. The summed E-state index contributed by atoms with van der Waals surface area (Å²) in [5.41, 5.74) is 3.29. The highest BCUT2D eigenvalue weighted by atomic mass is 16.3. The molecule has 1 atom stereocenters. The molecule has 22 heavy (non-hydrogen) atoms. The zero-order chi connectivity index (χ0) is 15.9. The Kier molecular flexibility index (Phi) is 5.55. The highest BCUT2D eigenvalue weighted by Gasteiger charge is 2.08. The van der Waals surface area contributed by atoms with Gasteiger partial charge in [-0.05, 0) is 19.4 Å². The van der Waals surface area contributed by atoms with E-state index in [9.17, 15) is 4.79 Å². The number of aliphatic hydroxyl groups excluding tert-OH is 1. The summed E-state index contributed by atoms with van der Waals surface area (Å²) in [6, 6.07) is 8.52. The van der Waals surface area contributed by atoms with E-state index >= 15 is 0 Å². The zero-order valence-electron chi connectivity index (χ0n) is 12.9. The molecule has 2 rings (SSSR count). The van der Waals surface area contributed by atoms with Crippen LogP contribution in [0.4, 0.5) is 5.69 Å². The standard InChI is InChI=1S/C16H22N4O2/c1-12-3-5-14(6-4-12)13(2)19-15-9-18-20(10-15)11-16(22)17-7-8-21/h3-6,9-10,13,19,21H,7-8,11H2,1-2H3,(H,17,22). The Morgan fingerprint density at radius 1 is 1.36 bits per heavy atom. The van der Waals surface area contributed by atoms with Gasteiger partial charge in [0.1, 0.15) is 6.54 Å². The van der Waals surface area contributed by atoms with Crippen molar-refractivity contribution in [2.24, 2.45) is 0 Å². The molecular weight excluding hydrogens is 280 g/mol. The van der Waals surface area contributed by atoms with Gasteiger partial charge in [-0.25, -0.2) is 0 Å². The van der Waals surface area contributed by atoms with E-state index in [0.717, 1.165) is 5.69 Å². The number of anilines is 1. The SMILES string of the molecule is Cc1ccc(C(C)Nc2cnn(CC(=O)NCCO)c2)cc1. The highest BCUT2D eigenvalue weighted by Crippen LogP contribution is 2.19. The minimum absolute atomic E-state index is 0.0638. The Hall–Kier alpha value is -2.34. The molecule has 6 nitrogen and oxygen atoms in total. The predicted octanol–water partition coefficient (Wildman–Crippen LogP) is 1.47. The quantitative estimate of drug-likeness (QED) is 0.724. The predicted molar refractivity (Wildman–Crippen MR) is 85.5 cm³/mol. The van der Waals surface area contributed by atoms with Crippen molar-refractivity contribution in [2.45, 2.75) is 26.4 Å². The van der Waals surface area contributed by atoms with Crippen LogP contribution in [0.25, 0.3) is 0 Å². The second-order valence-electron chi connectivity index (χ2n) is 5.28. The number of hydrogen-bond acceptors (Lipinski definition) is 4. The number of nitrogens with zero attached hydrogens (tertiary/aromatic N) is 2. The second kappa shape index (κ2) is 7.61. The summed E-state index contributed by atoms with van der Waals surface area (Å²) >= 11 is 0. The number of benzene rings is 1. The third-order valence-electron chi connectivity index (χ3n) is 3.33. The monoisotopic (exact) mass is 302 g/mol. The van der Waals surface area contributed by atoms with Crippen LogP contribution in [-0.4, -0.2) is 33.9 Å². The number of aromatic nitrogens is 2. The lowest BCUT2D eigenvalue weighted by Gasteiger charge is -2.14. The fourth-order valence-electron chi connectivity index (χ4n) is 2.11. The summed E-state index contributed by atoms with van der Waals surface area (Å²) < 4.78 is 1.57. The number of hydrogen-bond donors (Lipinski definition) is 3. The van der Waals surface area contributed by atoms with Crippen LogP contribution in [0.2, 0.25) is 0 Å². The van der Waals surface area contributed by atoms with Crippen LogP contribution in [0.3, 0.4) is 0 Å². The van der Waals surface area contributed by atoms with E-state index in [2.05, 4.69) is 53.8 Å². The van der Waals surface area contributed by atoms with Crippen LogP contribution in [0, 0.1) is 6.92 Å². The first-order valence-corrected chi connectivity index (χ1v) is 7.31.